The Hall–Kier alpha value is -2.46. The second-order valence-electron chi connectivity index (χ2n) is 10.1. The summed E-state index contributed by atoms with van der Waals surface area (Å²) in [5, 5.41) is 9.98. The number of carbonyl (C=O) groups is 1. The van der Waals surface area contributed by atoms with Crippen molar-refractivity contribution in [2.75, 3.05) is 39.8 Å². The number of rotatable bonds is 7. The molecule has 3 aliphatic rings. The van der Waals surface area contributed by atoms with Crippen LogP contribution in [0.2, 0.25) is 0 Å². The van der Waals surface area contributed by atoms with E-state index in [1.165, 1.54) is 0 Å². The smallest absolute Gasteiger partial charge is 0.263 e. The standard InChI is InChI=1S/C27H35N3O5S/c1-28(24(20-7-3-2-4-8-20)19-29-16-13-22(31)18-29)27(32)26-11-9-21-17-23(10-12-25(21)35-26)36(33,34)30-14-5-6-15-30/h2-4,7-8,10,12,17,22,24,26,31H,5-6,9,11,13-16,18-19H2,1H3. The summed E-state index contributed by atoms with van der Waals surface area (Å²) in [4.78, 5) is 17.9. The number of hydrogen-bond donors (Lipinski definition) is 1. The molecule has 1 amide bonds. The third kappa shape index (κ3) is 5.16. The zero-order valence-corrected chi connectivity index (χ0v) is 21.6. The van der Waals surface area contributed by atoms with Crippen LogP contribution in [0.25, 0.3) is 0 Å². The molecule has 2 aromatic rings. The van der Waals surface area contributed by atoms with Gasteiger partial charge in [-0.15, -0.1) is 0 Å². The topological polar surface area (TPSA) is 90.4 Å². The largest absolute Gasteiger partial charge is 0.480 e. The van der Waals surface area contributed by atoms with Crippen LogP contribution in [-0.4, -0.2) is 85.5 Å². The van der Waals surface area contributed by atoms with E-state index in [4.69, 9.17) is 4.74 Å². The second kappa shape index (κ2) is 10.5. The molecule has 194 valence electrons. The number of aryl methyl sites for hydroxylation is 1. The Labute approximate surface area is 213 Å². The summed E-state index contributed by atoms with van der Waals surface area (Å²) in [7, 11) is -1.68. The first-order chi connectivity index (χ1) is 17.3. The lowest BCUT2D eigenvalue weighted by Crippen LogP contribution is -2.46. The average molecular weight is 514 g/mol. The van der Waals surface area contributed by atoms with Crippen LogP contribution in [0, 0.1) is 0 Å². The van der Waals surface area contributed by atoms with Crippen LogP contribution in [-0.2, 0) is 21.2 Å². The third-order valence-corrected chi connectivity index (χ3v) is 9.53. The molecule has 36 heavy (non-hydrogen) atoms. The summed E-state index contributed by atoms with van der Waals surface area (Å²) in [6.45, 7) is 3.20. The van der Waals surface area contributed by atoms with E-state index in [9.17, 15) is 18.3 Å². The predicted molar refractivity (Wildman–Crippen MR) is 136 cm³/mol. The number of ether oxygens (including phenoxy) is 1. The molecule has 0 radical (unpaired) electrons. The van der Waals surface area contributed by atoms with Gasteiger partial charge in [-0.1, -0.05) is 30.3 Å². The molecule has 0 saturated carbocycles. The monoisotopic (exact) mass is 513 g/mol. The van der Waals surface area contributed by atoms with Crippen molar-refractivity contribution in [2.45, 2.75) is 55.2 Å². The fourth-order valence-corrected chi connectivity index (χ4v) is 7.08. The highest BCUT2D eigenvalue weighted by Crippen LogP contribution is 2.33. The molecule has 0 aromatic heterocycles. The molecule has 2 aromatic carbocycles. The maximum Gasteiger partial charge on any atom is 0.263 e. The van der Waals surface area contributed by atoms with Gasteiger partial charge < -0.3 is 14.7 Å². The van der Waals surface area contributed by atoms with Crippen molar-refractivity contribution in [3.05, 3.63) is 59.7 Å². The Morgan fingerprint density at radius 2 is 1.86 bits per heavy atom. The van der Waals surface area contributed by atoms with E-state index in [2.05, 4.69) is 4.90 Å². The Morgan fingerprint density at radius 3 is 2.56 bits per heavy atom. The van der Waals surface area contributed by atoms with Crippen LogP contribution in [0.15, 0.2) is 53.4 Å². The van der Waals surface area contributed by atoms with Crippen molar-refractivity contribution in [1.82, 2.24) is 14.1 Å². The Bertz CT molecular complexity index is 1180. The van der Waals surface area contributed by atoms with Crippen molar-refractivity contribution >= 4 is 15.9 Å². The van der Waals surface area contributed by atoms with Crippen LogP contribution in [0.3, 0.4) is 0 Å². The van der Waals surface area contributed by atoms with Gasteiger partial charge in [-0.25, -0.2) is 8.42 Å². The van der Waals surface area contributed by atoms with E-state index in [1.54, 1.807) is 27.4 Å². The van der Waals surface area contributed by atoms with Gasteiger partial charge in [-0.05, 0) is 61.4 Å². The Morgan fingerprint density at radius 1 is 1.11 bits per heavy atom. The number of hydrogen-bond acceptors (Lipinski definition) is 6. The first-order valence-corrected chi connectivity index (χ1v) is 14.3. The SMILES string of the molecule is CN(C(=O)C1CCc2cc(S(=O)(=O)N3CCCC3)ccc2O1)C(CN1CCC(O)C1)c1ccccc1. The highest BCUT2D eigenvalue weighted by atomic mass is 32.2. The number of aliphatic hydroxyl groups excluding tert-OH is 1. The number of likely N-dealkylation sites (tertiary alicyclic amines) is 1. The number of sulfonamides is 1. The quantitative estimate of drug-likeness (QED) is 0.612. The molecule has 5 rings (SSSR count). The van der Waals surface area contributed by atoms with Crippen molar-refractivity contribution < 1.29 is 23.1 Å². The Balaban J connectivity index is 1.31. The zero-order chi connectivity index (χ0) is 25.3. The maximum absolute atomic E-state index is 13.6. The van der Waals surface area contributed by atoms with E-state index in [0.29, 0.717) is 49.7 Å². The van der Waals surface area contributed by atoms with Crippen LogP contribution >= 0.6 is 0 Å². The summed E-state index contributed by atoms with van der Waals surface area (Å²) in [6.07, 6.45) is 2.67. The Kier molecular flexibility index (Phi) is 7.35. The fraction of sp³-hybridized carbons (Fsp3) is 0.519. The van der Waals surface area contributed by atoms with E-state index in [1.807, 2.05) is 37.4 Å². The number of β-amino-alcohol motifs (C(OH)–C–C–N with tert-alkyl or cyclic N) is 1. The van der Waals surface area contributed by atoms with Gasteiger partial charge in [0.25, 0.3) is 5.91 Å². The minimum absolute atomic E-state index is 0.0944. The molecule has 0 spiro atoms. The molecule has 0 bridgehead atoms. The van der Waals surface area contributed by atoms with Gasteiger partial charge in [-0.3, -0.25) is 9.69 Å². The van der Waals surface area contributed by atoms with Crippen LogP contribution < -0.4 is 4.74 Å². The van der Waals surface area contributed by atoms with Gasteiger partial charge in [0.2, 0.25) is 10.0 Å². The normalized spacial score (nSPS) is 23.7. The highest BCUT2D eigenvalue weighted by Gasteiger charge is 2.35. The first kappa shape index (κ1) is 25.2. The molecule has 3 aliphatic heterocycles. The van der Waals surface area contributed by atoms with E-state index in [-0.39, 0.29) is 18.1 Å². The molecular weight excluding hydrogens is 478 g/mol. The summed E-state index contributed by atoms with van der Waals surface area (Å²) in [5.41, 5.74) is 1.87. The number of aliphatic hydroxyl groups is 1. The molecule has 3 atom stereocenters. The first-order valence-electron chi connectivity index (χ1n) is 12.8. The van der Waals surface area contributed by atoms with Crippen LogP contribution in [0.5, 0.6) is 5.75 Å². The molecule has 2 saturated heterocycles. The summed E-state index contributed by atoms with van der Waals surface area (Å²) >= 11 is 0. The van der Waals surface area contributed by atoms with Crippen molar-refractivity contribution in [3.63, 3.8) is 0 Å². The lowest BCUT2D eigenvalue weighted by Gasteiger charge is -2.35. The molecular formula is C27H35N3O5S. The fourth-order valence-electron chi connectivity index (χ4n) is 5.51. The van der Waals surface area contributed by atoms with Gasteiger partial charge in [0.1, 0.15) is 5.75 Å². The van der Waals surface area contributed by atoms with Gasteiger partial charge in [0.15, 0.2) is 6.10 Å². The van der Waals surface area contributed by atoms with Gasteiger partial charge in [0, 0.05) is 39.8 Å². The highest BCUT2D eigenvalue weighted by molar-refractivity contribution is 7.89. The molecule has 8 nitrogen and oxygen atoms in total. The summed E-state index contributed by atoms with van der Waals surface area (Å²) in [6, 6.07) is 14.8. The maximum atomic E-state index is 13.6. The predicted octanol–water partition coefficient (Wildman–Crippen LogP) is 2.43. The van der Waals surface area contributed by atoms with E-state index in [0.717, 1.165) is 36.9 Å². The molecule has 0 aliphatic carbocycles. The minimum Gasteiger partial charge on any atom is -0.480 e. The molecule has 2 fully saturated rings. The van der Waals surface area contributed by atoms with Crippen LogP contribution in [0.1, 0.15) is 42.9 Å². The number of carbonyl (C=O) groups excluding carboxylic acids is 1. The van der Waals surface area contributed by atoms with Crippen molar-refractivity contribution in [2.24, 2.45) is 0 Å². The number of nitrogens with zero attached hydrogens (tertiary/aromatic N) is 3. The molecule has 1 N–H and O–H groups in total. The van der Waals surface area contributed by atoms with Crippen LogP contribution in [0.4, 0.5) is 0 Å². The number of likely N-dealkylation sites (N-methyl/N-ethyl adjacent to an activating group) is 1. The van der Waals surface area contributed by atoms with E-state index >= 15 is 0 Å². The minimum atomic E-state index is -3.49. The number of amides is 1. The lowest BCUT2D eigenvalue weighted by atomic mass is 10.00. The molecule has 3 heterocycles. The second-order valence-corrected chi connectivity index (χ2v) is 12.0. The number of benzene rings is 2. The van der Waals surface area contributed by atoms with Gasteiger partial charge in [-0.2, -0.15) is 4.31 Å². The molecule has 3 unspecified atom stereocenters. The summed E-state index contributed by atoms with van der Waals surface area (Å²) < 4.78 is 33.6. The van der Waals surface area contributed by atoms with Gasteiger partial charge in [0.05, 0.1) is 17.0 Å². The zero-order valence-electron chi connectivity index (χ0n) is 20.8. The van der Waals surface area contributed by atoms with Crippen molar-refractivity contribution in [1.29, 1.82) is 0 Å². The third-order valence-electron chi connectivity index (χ3n) is 7.63. The lowest BCUT2D eigenvalue weighted by molar-refractivity contribution is -0.140. The number of fused-ring (bicyclic) bond motifs is 1. The van der Waals surface area contributed by atoms with E-state index < -0.39 is 16.1 Å². The average Bonchev–Trinajstić information content (AvgIpc) is 3.59. The van der Waals surface area contributed by atoms with Crippen molar-refractivity contribution in [3.8, 4) is 5.75 Å². The van der Waals surface area contributed by atoms with Gasteiger partial charge >= 0.3 is 0 Å². The molecule has 9 heteroatoms. The summed E-state index contributed by atoms with van der Waals surface area (Å²) in [5.74, 6) is 0.482.